The van der Waals surface area contributed by atoms with Gasteiger partial charge < -0.3 is 10.0 Å². The summed E-state index contributed by atoms with van der Waals surface area (Å²) in [6.45, 7) is 0.425. The van der Waals surface area contributed by atoms with Crippen LogP contribution in [0.3, 0.4) is 0 Å². The lowest BCUT2D eigenvalue weighted by atomic mass is 10.2. The van der Waals surface area contributed by atoms with E-state index in [2.05, 4.69) is 36.4 Å². The van der Waals surface area contributed by atoms with Gasteiger partial charge >= 0.3 is 0 Å². The Hall–Kier alpha value is -3.49. The van der Waals surface area contributed by atoms with Crippen molar-refractivity contribution in [3.8, 4) is 5.75 Å². The number of carbonyl (C=O) groups excluding carboxylic acids is 1. The van der Waals surface area contributed by atoms with Gasteiger partial charge in [0, 0.05) is 13.0 Å². The molecule has 1 heterocycles. The van der Waals surface area contributed by atoms with Gasteiger partial charge in [0.15, 0.2) is 17.2 Å². The lowest BCUT2D eigenvalue weighted by Gasteiger charge is -2.32. The molecule has 1 amide bonds. The van der Waals surface area contributed by atoms with Crippen LogP contribution in [0.2, 0.25) is 0 Å². The molecule has 0 aromatic heterocycles. The third-order valence-electron chi connectivity index (χ3n) is 6.39. The van der Waals surface area contributed by atoms with E-state index in [4.69, 9.17) is 0 Å². The van der Waals surface area contributed by atoms with E-state index in [1.165, 1.54) is 12.1 Å². The fraction of sp³-hybridized carbons (Fsp3) is 0.107. The van der Waals surface area contributed by atoms with Crippen LogP contribution in [-0.4, -0.2) is 23.2 Å². The molecule has 0 unspecified atom stereocenters. The zero-order chi connectivity index (χ0) is 22.8. The number of rotatable bonds is 5. The van der Waals surface area contributed by atoms with E-state index < -0.39 is 18.8 Å². The van der Waals surface area contributed by atoms with Gasteiger partial charge in [0.1, 0.15) is 23.2 Å². The molecule has 0 spiro atoms. The molecule has 1 fully saturated rings. The number of halogens is 1. The van der Waals surface area contributed by atoms with Crippen LogP contribution in [0.25, 0.3) is 0 Å². The van der Waals surface area contributed by atoms with Crippen LogP contribution in [-0.2, 0) is 4.79 Å². The Morgan fingerprint density at radius 1 is 0.727 bits per heavy atom. The van der Waals surface area contributed by atoms with Gasteiger partial charge in [0.2, 0.25) is 0 Å². The SMILES string of the molecule is O=C1[C@H]([P+](c2ccccc2)(c2ccccc2)c2ccccc2)CCN1c1cccc(F)c1O. The van der Waals surface area contributed by atoms with Crippen molar-refractivity contribution in [3.63, 3.8) is 0 Å². The molecule has 4 aromatic rings. The molecule has 0 bridgehead atoms. The first kappa shape index (κ1) is 21.4. The Kier molecular flexibility index (Phi) is 5.70. The van der Waals surface area contributed by atoms with Crippen molar-refractivity contribution >= 4 is 34.8 Å². The van der Waals surface area contributed by atoms with Crippen LogP contribution >= 0.6 is 7.26 Å². The molecule has 0 saturated carbocycles. The van der Waals surface area contributed by atoms with Crippen molar-refractivity contribution in [3.05, 3.63) is 115 Å². The third kappa shape index (κ3) is 3.51. The van der Waals surface area contributed by atoms with Crippen LogP contribution in [0.15, 0.2) is 109 Å². The molecule has 1 atom stereocenters. The van der Waals surface area contributed by atoms with Gasteiger partial charge in [-0.25, -0.2) is 4.39 Å². The highest BCUT2D eigenvalue weighted by atomic mass is 31.2. The summed E-state index contributed by atoms with van der Waals surface area (Å²) in [5.74, 6) is -1.28. The Morgan fingerprint density at radius 3 is 1.70 bits per heavy atom. The van der Waals surface area contributed by atoms with Crippen LogP contribution < -0.4 is 20.8 Å². The minimum atomic E-state index is -2.41. The monoisotopic (exact) mass is 456 g/mol. The average molecular weight is 456 g/mol. The molecule has 3 nitrogen and oxygen atoms in total. The lowest BCUT2D eigenvalue weighted by molar-refractivity contribution is -0.116. The van der Waals surface area contributed by atoms with E-state index in [1.807, 2.05) is 54.6 Å². The number of anilines is 1. The summed E-state index contributed by atoms with van der Waals surface area (Å²) in [6.07, 6.45) is 0.612. The van der Waals surface area contributed by atoms with Gasteiger partial charge in [-0.15, -0.1) is 0 Å². The smallest absolute Gasteiger partial charge is 0.269 e. The van der Waals surface area contributed by atoms with Gasteiger partial charge in [-0.2, -0.15) is 0 Å². The fourth-order valence-electron chi connectivity index (χ4n) is 4.96. The quantitative estimate of drug-likeness (QED) is 0.445. The van der Waals surface area contributed by atoms with Crippen molar-refractivity contribution in [1.29, 1.82) is 0 Å². The minimum Gasteiger partial charge on any atom is -0.503 e. The molecule has 0 radical (unpaired) electrons. The zero-order valence-corrected chi connectivity index (χ0v) is 18.9. The van der Waals surface area contributed by atoms with Crippen LogP contribution in [0.4, 0.5) is 10.1 Å². The maximum absolute atomic E-state index is 14.1. The summed E-state index contributed by atoms with van der Waals surface area (Å²) < 4.78 is 14.1. The number of carbonyl (C=O) groups is 1. The molecular weight excluding hydrogens is 432 g/mol. The largest absolute Gasteiger partial charge is 0.503 e. The van der Waals surface area contributed by atoms with Crippen molar-refractivity contribution in [2.24, 2.45) is 0 Å². The van der Waals surface area contributed by atoms with Crippen molar-refractivity contribution < 1.29 is 14.3 Å². The number of aromatic hydroxyl groups is 1. The van der Waals surface area contributed by atoms with Gasteiger partial charge in [0.25, 0.3) is 5.91 Å². The molecule has 164 valence electrons. The number of nitrogens with zero attached hydrogens (tertiary/aromatic N) is 1. The first-order valence-corrected chi connectivity index (χ1v) is 12.8. The molecular formula is C28H24FNO2P+. The standard InChI is InChI=1S/C28H23FNO2P/c29-24-17-10-18-25(27(24)31)30-20-19-26(28(30)32)33(21-11-4-1-5-12-21,22-13-6-2-7-14-22)23-15-8-3-9-16-23/h1-18,26H,19-20H2/p+1/t26-/m1/s1. The molecule has 33 heavy (non-hydrogen) atoms. The van der Waals surface area contributed by atoms with E-state index in [-0.39, 0.29) is 17.3 Å². The maximum Gasteiger partial charge on any atom is 0.269 e. The Balaban J connectivity index is 1.74. The predicted molar refractivity (Wildman–Crippen MR) is 134 cm³/mol. The molecule has 1 N–H and O–H groups in total. The number of hydrogen-bond donors (Lipinski definition) is 1. The molecule has 1 aliphatic heterocycles. The van der Waals surface area contributed by atoms with Crippen molar-refractivity contribution in [2.75, 3.05) is 11.4 Å². The summed E-state index contributed by atoms with van der Waals surface area (Å²) in [6, 6.07) is 35.1. The van der Waals surface area contributed by atoms with E-state index in [1.54, 1.807) is 11.0 Å². The van der Waals surface area contributed by atoms with Crippen molar-refractivity contribution in [2.45, 2.75) is 12.1 Å². The Labute approximate surface area is 193 Å². The fourth-order valence-corrected chi connectivity index (χ4v) is 9.84. The Morgan fingerprint density at radius 2 is 1.21 bits per heavy atom. The normalized spacial score (nSPS) is 16.2. The van der Waals surface area contributed by atoms with Gasteiger partial charge in [-0.05, 0) is 48.5 Å². The summed E-state index contributed by atoms with van der Waals surface area (Å²) in [5, 5.41) is 13.7. The summed E-state index contributed by atoms with van der Waals surface area (Å²) in [5.41, 5.74) is -0.0952. The zero-order valence-electron chi connectivity index (χ0n) is 18.0. The topological polar surface area (TPSA) is 40.5 Å². The van der Waals surface area contributed by atoms with Crippen LogP contribution in [0.5, 0.6) is 5.75 Å². The number of hydrogen-bond acceptors (Lipinski definition) is 2. The van der Waals surface area contributed by atoms with E-state index >= 15 is 0 Å². The number of phenolic OH excluding ortho intramolecular Hbond substituents is 1. The summed E-state index contributed by atoms with van der Waals surface area (Å²) in [7, 11) is -2.41. The van der Waals surface area contributed by atoms with Gasteiger partial charge in [-0.3, -0.25) is 4.79 Å². The highest BCUT2D eigenvalue weighted by Crippen LogP contribution is 2.62. The lowest BCUT2D eigenvalue weighted by Crippen LogP contribution is -2.42. The summed E-state index contributed by atoms with van der Waals surface area (Å²) >= 11 is 0. The van der Waals surface area contributed by atoms with Crippen LogP contribution in [0, 0.1) is 5.82 Å². The maximum atomic E-state index is 14.1. The number of benzene rings is 4. The van der Waals surface area contributed by atoms with Crippen LogP contribution in [0.1, 0.15) is 6.42 Å². The average Bonchev–Trinajstić information content (AvgIpc) is 3.25. The third-order valence-corrected chi connectivity index (χ3v) is 11.1. The second-order valence-electron chi connectivity index (χ2n) is 8.13. The second-order valence-corrected chi connectivity index (χ2v) is 11.7. The molecule has 5 heteroatoms. The van der Waals surface area contributed by atoms with Gasteiger partial charge in [0.05, 0.1) is 5.69 Å². The molecule has 1 saturated heterocycles. The highest BCUT2D eigenvalue weighted by molar-refractivity contribution is 7.97. The Bertz CT molecular complexity index is 1170. The van der Waals surface area contributed by atoms with Gasteiger partial charge in [-0.1, -0.05) is 60.7 Å². The first-order chi connectivity index (χ1) is 16.1. The number of phenols is 1. The highest BCUT2D eigenvalue weighted by Gasteiger charge is 2.58. The number of amides is 1. The number of para-hydroxylation sites is 1. The summed E-state index contributed by atoms with van der Waals surface area (Å²) in [4.78, 5) is 15.6. The van der Waals surface area contributed by atoms with E-state index in [0.29, 0.717) is 13.0 Å². The van der Waals surface area contributed by atoms with E-state index in [9.17, 15) is 14.3 Å². The minimum absolute atomic E-state index is 0.0826. The predicted octanol–water partition coefficient (Wildman–Crippen LogP) is 4.63. The first-order valence-electron chi connectivity index (χ1n) is 11.0. The molecule has 4 aromatic carbocycles. The molecule has 5 rings (SSSR count). The second kappa shape index (κ2) is 8.80. The van der Waals surface area contributed by atoms with Crippen molar-refractivity contribution in [1.82, 2.24) is 0 Å². The van der Waals surface area contributed by atoms with E-state index in [0.717, 1.165) is 15.9 Å². The molecule has 1 aliphatic rings. The molecule has 0 aliphatic carbocycles.